The van der Waals surface area contributed by atoms with E-state index in [1.165, 1.54) is 12.3 Å². The van der Waals surface area contributed by atoms with Gasteiger partial charge in [-0.3, -0.25) is 4.98 Å². The van der Waals surface area contributed by atoms with Gasteiger partial charge in [-0.25, -0.2) is 4.39 Å². The summed E-state index contributed by atoms with van der Waals surface area (Å²) in [5.74, 6) is -0.0455. The van der Waals surface area contributed by atoms with Crippen molar-refractivity contribution < 1.29 is 14.2 Å². The summed E-state index contributed by atoms with van der Waals surface area (Å²) in [6.07, 6.45) is 2.56. The molecule has 0 saturated carbocycles. The molecule has 3 nitrogen and oxygen atoms in total. The molecule has 1 aromatic rings. The van der Waals surface area contributed by atoms with Crippen molar-refractivity contribution in [3.05, 3.63) is 24.3 Å². The van der Waals surface area contributed by atoms with Crippen LogP contribution >= 0.6 is 0 Å². The summed E-state index contributed by atoms with van der Waals surface area (Å²) in [4.78, 5) is 3.65. The Hall–Kier alpha value is -1.16. The zero-order valence-corrected chi connectivity index (χ0v) is 8.33. The molecular formula is C10H14FNO2. The van der Waals surface area contributed by atoms with Crippen LogP contribution in [0.4, 0.5) is 4.39 Å². The minimum absolute atomic E-state index is 0.0236. The standard InChI is InChI=1S/C10H14FNO2/c1-10(2,6-13)7-14-9-3-8(11)4-12-5-9/h3-5,13H,6-7H2,1-2H3. The van der Waals surface area contributed by atoms with Crippen LogP contribution in [-0.4, -0.2) is 23.3 Å². The first-order valence-corrected chi connectivity index (χ1v) is 4.38. The first-order valence-electron chi connectivity index (χ1n) is 4.38. The second-order valence-corrected chi connectivity index (χ2v) is 3.95. The number of halogens is 1. The highest BCUT2D eigenvalue weighted by atomic mass is 19.1. The number of hydrogen-bond acceptors (Lipinski definition) is 3. The number of nitrogens with zero attached hydrogens (tertiary/aromatic N) is 1. The van der Waals surface area contributed by atoms with E-state index in [2.05, 4.69) is 4.98 Å². The third kappa shape index (κ3) is 3.30. The molecule has 4 heteroatoms. The van der Waals surface area contributed by atoms with Gasteiger partial charge in [0.25, 0.3) is 0 Å². The maximum atomic E-state index is 12.7. The van der Waals surface area contributed by atoms with E-state index < -0.39 is 5.82 Å². The smallest absolute Gasteiger partial charge is 0.145 e. The Bertz CT molecular complexity index is 302. The molecule has 1 heterocycles. The van der Waals surface area contributed by atoms with Gasteiger partial charge in [0.1, 0.15) is 11.6 Å². The topological polar surface area (TPSA) is 42.4 Å². The number of hydrogen-bond donors (Lipinski definition) is 1. The van der Waals surface area contributed by atoms with Crippen molar-refractivity contribution in [1.29, 1.82) is 0 Å². The molecule has 0 unspecified atom stereocenters. The van der Waals surface area contributed by atoms with Crippen molar-refractivity contribution in [1.82, 2.24) is 4.98 Å². The Morgan fingerprint density at radius 3 is 2.79 bits per heavy atom. The summed E-state index contributed by atoms with van der Waals surface area (Å²) in [6, 6.07) is 1.26. The predicted octanol–water partition coefficient (Wildman–Crippen LogP) is 1.62. The third-order valence-corrected chi connectivity index (χ3v) is 1.74. The van der Waals surface area contributed by atoms with Crippen molar-refractivity contribution in [2.75, 3.05) is 13.2 Å². The van der Waals surface area contributed by atoms with Gasteiger partial charge in [0.2, 0.25) is 0 Å². The van der Waals surface area contributed by atoms with E-state index in [1.807, 2.05) is 13.8 Å². The molecule has 0 aliphatic heterocycles. The zero-order chi connectivity index (χ0) is 10.6. The van der Waals surface area contributed by atoms with Gasteiger partial charge in [0.15, 0.2) is 0 Å². The van der Waals surface area contributed by atoms with Crippen LogP contribution in [0.15, 0.2) is 18.5 Å². The van der Waals surface area contributed by atoms with E-state index in [4.69, 9.17) is 9.84 Å². The zero-order valence-electron chi connectivity index (χ0n) is 8.33. The van der Waals surface area contributed by atoms with E-state index in [9.17, 15) is 4.39 Å². The lowest BCUT2D eigenvalue weighted by molar-refractivity contribution is 0.0972. The number of aliphatic hydroxyl groups excluding tert-OH is 1. The number of aliphatic hydroxyl groups is 1. The Kier molecular flexibility index (Phi) is 3.41. The van der Waals surface area contributed by atoms with E-state index in [1.54, 1.807) is 0 Å². The fourth-order valence-electron chi connectivity index (χ4n) is 0.796. The monoisotopic (exact) mass is 199 g/mol. The summed E-state index contributed by atoms with van der Waals surface area (Å²) < 4.78 is 18.0. The van der Waals surface area contributed by atoms with Gasteiger partial charge in [0.05, 0.1) is 25.6 Å². The van der Waals surface area contributed by atoms with Gasteiger partial charge in [-0.2, -0.15) is 0 Å². The van der Waals surface area contributed by atoms with Crippen LogP contribution in [0.25, 0.3) is 0 Å². The average molecular weight is 199 g/mol. The fourth-order valence-corrected chi connectivity index (χ4v) is 0.796. The van der Waals surface area contributed by atoms with Gasteiger partial charge in [-0.1, -0.05) is 13.8 Å². The van der Waals surface area contributed by atoms with Crippen molar-refractivity contribution >= 4 is 0 Å². The summed E-state index contributed by atoms with van der Waals surface area (Å²) in [5, 5.41) is 8.96. The average Bonchev–Trinajstić information content (AvgIpc) is 2.15. The van der Waals surface area contributed by atoms with Gasteiger partial charge < -0.3 is 9.84 Å². The molecule has 1 N–H and O–H groups in total. The molecule has 0 fully saturated rings. The number of pyridine rings is 1. The molecule has 0 bridgehead atoms. The van der Waals surface area contributed by atoms with Gasteiger partial charge in [-0.05, 0) is 0 Å². The highest BCUT2D eigenvalue weighted by Gasteiger charge is 2.17. The second-order valence-electron chi connectivity index (χ2n) is 3.95. The molecule has 0 aliphatic rings. The van der Waals surface area contributed by atoms with Crippen LogP contribution < -0.4 is 4.74 Å². The number of rotatable bonds is 4. The summed E-state index contributed by atoms with van der Waals surface area (Å²) in [5.41, 5.74) is -0.327. The Morgan fingerprint density at radius 2 is 2.21 bits per heavy atom. The highest BCUT2D eigenvalue weighted by Crippen LogP contribution is 2.17. The molecule has 14 heavy (non-hydrogen) atoms. The largest absolute Gasteiger partial charge is 0.491 e. The lowest BCUT2D eigenvalue weighted by Crippen LogP contribution is -2.25. The Morgan fingerprint density at radius 1 is 1.50 bits per heavy atom. The van der Waals surface area contributed by atoms with Crippen LogP contribution in [0, 0.1) is 11.2 Å². The van der Waals surface area contributed by atoms with Crippen LogP contribution in [-0.2, 0) is 0 Å². The van der Waals surface area contributed by atoms with Gasteiger partial charge in [-0.15, -0.1) is 0 Å². The minimum atomic E-state index is -0.427. The summed E-state index contributed by atoms with van der Waals surface area (Å²) in [6.45, 7) is 4.07. The first kappa shape index (κ1) is 10.9. The summed E-state index contributed by atoms with van der Waals surface area (Å²) in [7, 11) is 0. The van der Waals surface area contributed by atoms with Crippen LogP contribution in [0.1, 0.15) is 13.8 Å². The minimum Gasteiger partial charge on any atom is -0.491 e. The van der Waals surface area contributed by atoms with Crippen molar-refractivity contribution in [2.45, 2.75) is 13.8 Å². The fraction of sp³-hybridized carbons (Fsp3) is 0.500. The second kappa shape index (κ2) is 4.37. The van der Waals surface area contributed by atoms with E-state index in [-0.39, 0.29) is 12.0 Å². The van der Waals surface area contributed by atoms with Crippen LogP contribution in [0.2, 0.25) is 0 Å². The molecule has 1 aromatic heterocycles. The number of aromatic nitrogens is 1. The number of ether oxygens (including phenoxy) is 1. The molecule has 0 amide bonds. The SMILES string of the molecule is CC(C)(CO)COc1cncc(F)c1. The first-order chi connectivity index (χ1) is 6.53. The summed E-state index contributed by atoms with van der Waals surface area (Å²) >= 11 is 0. The molecule has 1 rings (SSSR count). The Labute approximate surface area is 82.5 Å². The molecule has 0 aliphatic carbocycles. The van der Waals surface area contributed by atoms with Gasteiger partial charge in [0, 0.05) is 11.5 Å². The Balaban J connectivity index is 2.54. The maximum Gasteiger partial charge on any atom is 0.145 e. The third-order valence-electron chi connectivity index (χ3n) is 1.74. The van der Waals surface area contributed by atoms with E-state index in [0.29, 0.717) is 12.4 Å². The predicted molar refractivity (Wildman–Crippen MR) is 50.6 cm³/mol. The van der Waals surface area contributed by atoms with Crippen LogP contribution in [0.3, 0.4) is 0 Å². The van der Waals surface area contributed by atoms with Crippen LogP contribution in [0.5, 0.6) is 5.75 Å². The lowest BCUT2D eigenvalue weighted by Gasteiger charge is -2.21. The van der Waals surface area contributed by atoms with Crippen molar-refractivity contribution in [3.63, 3.8) is 0 Å². The van der Waals surface area contributed by atoms with E-state index >= 15 is 0 Å². The van der Waals surface area contributed by atoms with E-state index in [0.717, 1.165) is 6.20 Å². The molecular weight excluding hydrogens is 185 g/mol. The van der Waals surface area contributed by atoms with Crippen molar-refractivity contribution in [2.24, 2.45) is 5.41 Å². The lowest BCUT2D eigenvalue weighted by atomic mass is 9.97. The molecule has 0 radical (unpaired) electrons. The molecule has 0 atom stereocenters. The molecule has 78 valence electrons. The molecule has 0 saturated heterocycles. The molecule has 0 spiro atoms. The van der Waals surface area contributed by atoms with Gasteiger partial charge >= 0.3 is 0 Å². The normalized spacial score (nSPS) is 11.4. The quantitative estimate of drug-likeness (QED) is 0.801. The van der Waals surface area contributed by atoms with Crippen molar-refractivity contribution in [3.8, 4) is 5.75 Å². The highest BCUT2D eigenvalue weighted by molar-refractivity contribution is 5.16. The maximum absolute atomic E-state index is 12.7. The molecule has 0 aromatic carbocycles.